The molecule has 1 atom stereocenters. The van der Waals surface area contributed by atoms with Crippen molar-refractivity contribution in [2.24, 2.45) is 5.73 Å². The molecule has 0 unspecified atom stereocenters. The minimum absolute atomic E-state index is 0.0230. The summed E-state index contributed by atoms with van der Waals surface area (Å²) in [6, 6.07) is 0.0230. The van der Waals surface area contributed by atoms with E-state index in [1.165, 1.54) is 0 Å². The lowest BCUT2D eigenvalue weighted by Gasteiger charge is -2.30. The van der Waals surface area contributed by atoms with Gasteiger partial charge in [-0.2, -0.15) is 0 Å². The Morgan fingerprint density at radius 1 is 1.50 bits per heavy atom. The molecule has 0 spiro atoms. The van der Waals surface area contributed by atoms with Crippen molar-refractivity contribution >= 4 is 6.09 Å². The van der Waals surface area contributed by atoms with Gasteiger partial charge < -0.3 is 15.4 Å². The van der Waals surface area contributed by atoms with Crippen molar-refractivity contribution in [1.82, 2.24) is 4.90 Å². The number of likely N-dealkylation sites (N-methyl/N-ethyl adjacent to an activating group) is 1. The Labute approximate surface area is 86.4 Å². The van der Waals surface area contributed by atoms with E-state index in [1.807, 2.05) is 34.6 Å². The van der Waals surface area contributed by atoms with Gasteiger partial charge in [-0.15, -0.1) is 0 Å². The molecule has 4 heteroatoms. The van der Waals surface area contributed by atoms with E-state index in [1.54, 1.807) is 4.90 Å². The van der Waals surface area contributed by atoms with E-state index in [9.17, 15) is 4.79 Å². The molecule has 0 aromatic rings. The maximum absolute atomic E-state index is 11.6. The lowest BCUT2D eigenvalue weighted by molar-refractivity contribution is 0.0195. The Bertz CT molecular complexity index is 187. The van der Waals surface area contributed by atoms with Gasteiger partial charge in [-0.05, 0) is 34.6 Å². The molecule has 1 amide bonds. The smallest absolute Gasteiger partial charge is 0.410 e. The predicted molar refractivity (Wildman–Crippen MR) is 57.1 cm³/mol. The topological polar surface area (TPSA) is 55.6 Å². The molecule has 0 aromatic carbocycles. The molecule has 0 rings (SSSR count). The molecule has 0 radical (unpaired) electrons. The van der Waals surface area contributed by atoms with Crippen molar-refractivity contribution in [2.75, 3.05) is 13.1 Å². The molecule has 84 valence electrons. The van der Waals surface area contributed by atoms with Crippen molar-refractivity contribution < 1.29 is 9.53 Å². The fraction of sp³-hybridized carbons (Fsp3) is 0.900. The summed E-state index contributed by atoms with van der Waals surface area (Å²) in [6.45, 7) is 10.5. The SMILES string of the molecule is CCN(C(=O)OC(C)(C)C)[C@@H](C)CN. The van der Waals surface area contributed by atoms with E-state index < -0.39 is 5.60 Å². The van der Waals surface area contributed by atoms with Gasteiger partial charge in [0.1, 0.15) is 5.60 Å². The van der Waals surface area contributed by atoms with Gasteiger partial charge in [-0.3, -0.25) is 0 Å². The lowest BCUT2D eigenvalue weighted by Crippen LogP contribution is -2.45. The second-order valence-electron chi connectivity index (χ2n) is 4.35. The molecule has 0 aliphatic carbocycles. The molecule has 4 nitrogen and oxygen atoms in total. The fourth-order valence-corrected chi connectivity index (χ4v) is 1.07. The highest BCUT2D eigenvalue weighted by molar-refractivity contribution is 5.68. The number of carbonyl (C=O) groups excluding carboxylic acids is 1. The molecular weight excluding hydrogens is 180 g/mol. The van der Waals surface area contributed by atoms with E-state index in [4.69, 9.17) is 10.5 Å². The Hall–Kier alpha value is -0.770. The zero-order chi connectivity index (χ0) is 11.4. The molecule has 0 aliphatic rings. The summed E-state index contributed by atoms with van der Waals surface area (Å²) < 4.78 is 5.25. The van der Waals surface area contributed by atoms with Gasteiger partial charge in [0.2, 0.25) is 0 Å². The molecule has 0 bridgehead atoms. The number of hydrogen-bond donors (Lipinski definition) is 1. The number of rotatable bonds is 3. The van der Waals surface area contributed by atoms with E-state index in [0.717, 1.165) is 0 Å². The summed E-state index contributed by atoms with van der Waals surface area (Å²) in [4.78, 5) is 13.3. The van der Waals surface area contributed by atoms with Crippen LogP contribution in [0.15, 0.2) is 0 Å². The summed E-state index contributed by atoms with van der Waals surface area (Å²) >= 11 is 0. The molecule has 0 saturated carbocycles. The Balaban J connectivity index is 4.33. The van der Waals surface area contributed by atoms with Gasteiger partial charge in [0, 0.05) is 19.1 Å². The van der Waals surface area contributed by atoms with Gasteiger partial charge in [-0.1, -0.05) is 0 Å². The van der Waals surface area contributed by atoms with Crippen LogP contribution in [0.5, 0.6) is 0 Å². The van der Waals surface area contributed by atoms with Crippen molar-refractivity contribution in [3.05, 3.63) is 0 Å². The minimum Gasteiger partial charge on any atom is -0.444 e. The van der Waals surface area contributed by atoms with Crippen molar-refractivity contribution in [3.8, 4) is 0 Å². The first kappa shape index (κ1) is 13.2. The van der Waals surface area contributed by atoms with Gasteiger partial charge in [0.15, 0.2) is 0 Å². The molecule has 0 aromatic heterocycles. The second kappa shape index (κ2) is 5.20. The van der Waals surface area contributed by atoms with Crippen LogP contribution in [0.3, 0.4) is 0 Å². The maximum atomic E-state index is 11.6. The number of nitrogens with zero attached hydrogens (tertiary/aromatic N) is 1. The van der Waals surface area contributed by atoms with Crippen LogP contribution in [0.2, 0.25) is 0 Å². The second-order valence-corrected chi connectivity index (χ2v) is 4.35. The van der Waals surface area contributed by atoms with Gasteiger partial charge in [-0.25, -0.2) is 4.79 Å². The molecule has 0 heterocycles. The third-order valence-electron chi connectivity index (χ3n) is 1.84. The lowest BCUT2D eigenvalue weighted by atomic mass is 10.2. The summed E-state index contributed by atoms with van der Waals surface area (Å²) in [7, 11) is 0. The quantitative estimate of drug-likeness (QED) is 0.756. The van der Waals surface area contributed by atoms with E-state index in [-0.39, 0.29) is 12.1 Å². The Morgan fingerprint density at radius 2 is 2.00 bits per heavy atom. The normalized spacial score (nSPS) is 13.6. The average molecular weight is 202 g/mol. The highest BCUT2D eigenvalue weighted by Gasteiger charge is 2.23. The zero-order valence-corrected chi connectivity index (χ0v) is 9.83. The van der Waals surface area contributed by atoms with Crippen LogP contribution in [0, 0.1) is 0 Å². The van der Waals surface area contributed by atoms with Gasteiger partial charge >= 0.3 is 6.09 Å². The van der Waals surface area contributed by atoms with Crippen LogP contribution >= 0.6 is 0 Å². The molecule has 0 saturated heterocycles. The molecule has 2 N–H and O–H groups in total. The highest BCUT2D eigenvalue weighted by atomic mass is 16.6. The average Bonchev–Trinajstić information content (AvgIpc) is 2.01. The first-order valence-electron chi connectivity index (χ1n) is 5.01. The minimum atomic E-state index is -0.446. The predicted octanol–water partition coefficient (Wildman–Crippen LogP) is 1.59. The highest BCUT2D eigenvalue weighted by Crippen LogP contribution is 2.11. The molecular formula is C10H22N2O2. The zero-order valence-electron chi connectivity index (χ0n) is 9.83. The third-order valence-corrected chi connectivity index (χ3v) is 1.84. The number of ether oxygens (including phenoxy) is 1. The first-order chi connectivity index (χ1) is 6.31. The van der Waals surface area contributed by atoms with Crippen LogP contribution in [-0.2, 0) is 4.74 Å². The number of amides is 1. The van der Waals surface area contributed by atoms with Gasteiger partial charge in [0.25, 0.3) is 0 Å². The van der Waals surface area contributed by atoms with Crippen LogP contribution in [0.4, 0.5) is 4.79 Å². The van der Waals surface area contributed by atoms with Crippen molar-refractivity contribution in [3.63, 3.8) is 0 Å². The summed E-state index contributed by atoms with van der Waals surface area (Å²) in [6.07, 6.45) is -0.294. The van der Waals surface area contributed by atoms with E-state index in [0.29, 0.717) is 13.1 Å². The number of carbonyl (C=O) groups is 1. The Morgan fingerprint density at radius 3 is 2.29 bits per heavy atom. The largest absolute Gasteiger partial charge is 0.444 e. The number of nitrogens with two attached hydrogens (primary N) is 1. The van der Waals surface area contributed by atoms with Crippen LogP contribution < -0.4 is 5.73 Å². The first-order valence-corrected chi connectivity index (χ1v) is 5.01. The fourth-order valence-electron chi connectivity index (χ4n) is 1.07. The van der Waals surface area contributed by atoms with Crippen LogP contribution in [0.1, 0.15) is 34.6 Å². The van der Waals surface area contributed by atoms with Crippen molar-refractivity contribution in [1.29, 1.82) is 0 Å². The third kappa shape index (κ3) is 4.46. The van der Waals surface area contributed by atoms with E-state index >= 15 is 0 Å². The maximum Gasteiger partial charge on any atom is 0.410 e. The number of hydrogen-bond acceptors (Lipinski definition) is 3. The van der Waals surface area contributed by atoms with Crippen LogP contribution in [-0.4, -0.2) is 35.7 Å². The van der Waals surface area contributed by atoms with Crippen LogP contribution in [0.25, 0.3) is 0 Å². The summed E-state index contributed by atoms with van der Waals surface area (Å²) in [5.41, 5.74) is 5.06. The van der Waals surface area contributed by atoms with Gasteiger partial charge in [0.05, 0.1) is 0 Å². The summed E-state index contributed by atoms with van der Waals surface area (Å²) in [5, 5.41) is 0. The molecule has 14 heavy (non-hydrogen) atoms. The van der Waals surface area contributed by atoms with Crippen molar-refractivity contribution in [2.45, 2.75) is 46.3 Å². The van der Waals surface area contributed by atoms with E-state index in [2.05, 4.69) is 0 Å². The molecule has 0 fully saturated rings. The molecule has 0 aliphatic heterocycles. The monoisotopic (exact) mass is 202 g/mol. The Kier molecular flexibility index (Phi) is 4.91. The summed E-state index contributed by atoms with van der Waals surface area (Å²) in [5.74, 6) is 0. The standard InChI is InChI=1S/C10H22N2O2/c1-6-12(8(2)7-11)9(13)14-10(3,4)5/h8H,6-7,11H2,1-5H3/t8-/m0/s1.